The van der Waals surface area contributed by atoms with Gasteiger partial charge in [0, 0.05) is 0 Å². The second kappa shape index (κ2) is 2.63. The molecule has 0 amide bonds. The first-order chi connectivity index (χ1) is 5.33. The van der Waals surface area contributed by atoms with Crippen LogP contribution in [0.25, 0.3) is 0 Å². The summed E-state index contributed by atoms with van der Waals surface area (Å²) in [6.07, 6.45) is 6.90. The van der Waals surface area contributed by atoms with E-state index in [1.807, 2.05) is 6.08 Å². The SMILES string of the molecule is C=CC[C@@H]1C[C@H]2CC[C@@H]1[C@H]2O. The molecular weight excluding hydrogens is 136 g/mol. The average molecular weight is 152 g/mol. The largest absolute Gasteiger partial charge is 0.393 e. The van der Waals surface area contributed by atoms with Crippen LogP contribution in [0.5, 0.6) is 0 Å². The number of allylic oxidation sites excluding steroid dienone is 1. The number of hydrogen-bond donors (Lipinski definition) is 1. The van der Waals surface area contributed by atoms with E-state index in [4.69, 9.17) is 0 Å². The highest BCUT2D eigenvalue weighted by atomic mass is 16.3. The summed E-state index contributed by atoms with van der Waals surface area (Å²) in [5, 5.41) is 9.69. The Morgan fingerprint density at radius 1 is 1.45 bits per heavy atom. The first kappa shape index (κ1) is 7.35. The van der Waals surface area contributed by atoms with Gasteiger partial charge in [-0.2, -0.15) is 0 Å². The highest BCUT2D eigenvalue weighted by molar-refractivity contribution is 4.98. The summed E-state index contributed by atoms with van der Waals surface area (Å²) < 4.78 is 0. The Balaban J connectivity index is 2.02. The normalized spacial score (nSPS) is 48.1. The standard InChI is InChI=1S/C10H16O/c1-2-3-7-6-8-4-5-9(7)10(8)11/h2,7-11H,1,3-6H2/t7-,8-,9+,10+/m1/s1. The van der Waals surface area contributed by atoms with Gasteiger partial charge >= 0.3 is 0 Å². The van der Waals surface area contributed by atoms with Crippen LogP contribution in [-0.4, -0.2) is 11.2 Å². The monoisotopic (exact) mass is 152 g/mol. The highest BCUT2D eigenvalue weighted by Gasteiger charge is 2.46. The number of aliphatic hydroxyl groups is 1. The molecule has 2 aliphatic carbocycles. The molecule has 0 saturated heterocycles. The second-order valence-corrected chi connectivity index (χ2v) is 4.01. The molecule has 0 radical (unpaired) electrons. The molecule has 0 aliphatic heterocycles. The van der Waals surface area contributed by atoms with Crippen LogP contribution in [0.15, 0.2) is 12.7 Å². The highest BCUT2D eigenvalue weighted by Crippen LogP contribution is 2.49. The van der Waals surface area contributed by atoms with Crippen molar-refractivity contribution in [1.29, 1.82) is 0 Å². The van der Waals surface area contributed by atoms with Gasteiger partial charge in [-0.1, -0.05) is 6.08 Å². The van der Waals surface area contributed by atoms with E-state index in [2.05, 4.69) is 6.58 Å². The minimum atomic E-state index is 0.0277. The van der Waals surface area contributed by atoms with Crippen LogP contribution >= 0.6 is 0 Å². The molecule has 2 bridgehead atoms. The van der Waals surface area contributed by atoms with Gasteiger partial charge in [-0.3, -0.25) is 0 Å². The molecule has 0 unspecified atom stereocenters. The van der Waals surface area contributed by atoms with Gasteiger partial charge in [0.15, 0.2) is 0 Å². The van der Waals surface area contributed by atoms with Crippen molar-refractivity contribution in [2.75, 3.05) is 0 Å². The van der Waals surface area contributed by atoms with E-state index < -0.39 is 0 Å². The van der Waals surface area contributed by atoms with Crippen molar-refractivity contribution in [2.24, 2.45) is 17.8 Å². The van der Waals surface area contributed by atoms with Gasteiger partial charge in [0.25, 0.3) is 0 Å². The van der Waals surface area contributed by atoms with E-state index in [9.17, 15) is 5.11 Å². The fraction of sp³-hybridized carbons (Fsp3) is 0.800. The fourth-order valence-corrected chi connectivity index (χ4v) is 2.92. The van der Waals surface area contributed by atoms with E-state index in [1.54, 1.807) is 0 Å². The average Bonchev–Trinajstić information content (AvgIpc) is 2.47. The number of aliphatic hydroxyl groups excluding tert-OH is 1. The predicted octanol–water partition coefficient (Wildman–Crippen LogP) is 1.97. The molecular formula is C10H16O. The van der Waals surface area contributed by atoms with E-state index in [-0.39, 0.29) is 6.10 Å². The third-order valence-electron chi connectivity index (χ3n) is 3.47. The molecule has 1 N–H and O–H groups in total. The maximum Gasteiger partial charge on any atom is 0.0599 e. The summed E-state index contributed by atoms with van der Waals surface area (Å²) in [6, 6.07) is 0. The fourth-order valence-electron chi connectivity index (χ4n) is 2.92. The van der Waals surface area contributed by atoms with Gasteiger partial charge in [0.1, 0.15) is 0 Å². The smallest absolute Gasteiger partial charge is 0.0599 e. The Hall–Kier alpha value is -0.300. The van der Waals surface area contributed by atoms with Crippen molar-refractivity contribution in [3.63, 3.8) is 0 Å². The van der Waals surface area contributed by atoms with Gasteiger partial charge in [-0.15, -0.1) is 6.58 Å². The minimum absolute atomic E-state index is 0.0277. The quantitative estimate of drug-likeness (QED) is 0.600. The van der Waals surface area contributed by atoms with Crippen LogP contribution in [0.4, 0.5) is 0 Å². The van der Waals surface area contributed by atoms with Crippen molar-refractivity contribution in [2.45, 2.75) is 31.8 Å². The molecule has 1 heteroatoms. The summed E-state index contributed by atoms with van der Waals surface area (Å²) >= 11 is 0. The minimum Gasteiger partial charge on any atom is -0.393 e. The number of fused-ring (bicyclic) bond motifs is 2. The molecule has 0 spiro atoms. The molecule has 0 aromatic rings. The predicted molar refractivity (Wildman–Crippen MR) is 45.1 cm³/mol. The van der Waals surface area contributed by atoms with Crippen LogP contribution in [0.3, 0.4) is 0 Å². The van der Waals surface area contributed by atoms with Crippen molar-refractivity contribution in [3.8, 4) is 0 Å². The van der Waals surface area contributed by atoms with E-state index in [0.717, 1.165) is 12.3 Å². The van der Waals surface area contributed by atoms with Crippen LogP contribution in [0.2, 0.25) is 0 Å². The van der Waals surface area contributed by atoms with Gasteiger partial charge in [-0.25, -0.2) is 0 Å². The lowest BCUT2D eigenvalue weighted by Gasteiger charge is -2.19. The van der Waals surface area contributed by atoms with Gasteiger partial charge in [0.2, 0.25) is 0 Å². The number of rotatable bonds is 2. The molecule has 0 heterocycles. The van der Waals surface area contributed by atoms with Crippen molar-refractivity contribution in [3.05, 3.63) is 12.7 Å². The van der Waals surface area contributed by atoms with Crippen LogP contribution in [0, 0.1) is 17.8 Å². The molecule has 11 heavy (non-hydrogen) atoms. The topological polar surface area (TPSA) is 20.2 Å². The summed E-state index contributed by atoms with van der Waals surface area (Å²) in [4.78, 5) is 0. The Labute approximate surface area is 68.1 Å². The Bertz CT molecular complexity index is 164. The van der Waals surface area contributed by atoms with Gasteiger partial charge in [0.05, 0.1) is 6.10 Å². The van der Waals surface area contributed by atoms with Gasteiger partial charge < -0.3 is 5.11 Å². The molecule has 4 atom stereocenters. The summed E-state index contributed by atoms with van der Waals surface area (Å²) in [5.74, 6) is 1.99. The zero-order valence-electron chi connectivity index (χ0n) is 6.87. The Kier molecular flexibility index (Phi) is 1.76. The van der Waals surface area contributed by atoms with Crippen LogP contribution in [-0.2, 0) is 0 Å². The second-order valence-electron chi connectivity index (χ2n) is 4.01. The van der Waals surface area contributed by atoms with E-state index in [0.29, 0.717) is 11.8 Å². The molecule has 2 rings (SSSR count). The Morgan fingerprint density at radius 3 is 2.73 bits per heavy atom. The van der Waals surface area contributed by atoms with Crippen LogP contribution in [0.1, 0.15) is 25.7 Å². The van der Waals surface area contributed by atoms with Gasteiger partial charge in [-0.05, 0) is 43.4 Å². The van der Waals surface area contributed by atoms with Crippen molar-refractivity contribution >= 4 is 0 Å². The summed E-state index contributed by atoms with van der Waals surface area (Å²) in [7, 11) is 0. The lowest BCUT2D eigenvalue weighted by atomic mass is 9.86. The zero-order valence-corrected chi connectivity index (χ0v) is 6.87. The Morgan fingerprint density at radius 2 is 2.27 bits per heavy atom. The first-order valence-corrected chi connectivity index (χ1v) is 4.62. The lowest BCUT2D eigenvalue weighted by molar-refractivity contribution is 0.120. The van der Waals surface area contributed by atoms with E-state index in [1.165, 1.54) is 19.3 Å². The molecule has 1 nitrogen and oxygen atoms in total. The molecule has 0 aromatic heterocycles. The molecule has 2 aliphatic rings. The molecule has 2 fully saturated rings. The third-order valence-corrected chi connectivity index (χ3v) is 3.47. The van der Waals surface area contributed by atoms with E-state index >= 15 is 0 Å². The summed E-state index contributed by atoms with van der Waals surface area (Å²) in [6.45, 7) is 3.75. The molecule has 62 valence electrons. The van der Waals surface area contributed by atoms with Crippen molar-refractivity contribution in [1.82, 2.24) is 0 Å². The number of hydrogen-bond acceptors (Lipinski definition) is 1. The van der Waals surface area contributed by atoms with Crippen molar-refractivity contribution < 1.29 is 5.11 Å². The first-order valence-electron chi connectivity index (χ1n) is 4.62. The maximum atomic E-state index is 9.69. The van der Waals surface area contributed by atoms with Crippen LogP contribution < -0.4 is 0 Å². The lowest BCUT2D eigenvalue weighted by Crippen LogP contribution is -2.15. The maximum absolute atomic E-state index is 9.69. The third kappa shape index (κ3) is 1.02. The summed E-state index contributed by atoms with van der Waals surface area (Å²) in [5.41, 5.74) is 0. The molecule has 2 saturated carbocycles. The zero-order chi connectivity index (χ0) is 7.84. The molecule has 0 aromatic carbocycles.